The molecule has 1 saturated heterocycles. The lowest BCUT2D eigenvalue weighted by molar-refractivity contribution is -0.132. The van der Waals surface area contributed by atoms with Crippen LogP contribution in [0, 0.1) is 5.92 Å². The predicted molar refractivity (Wildman–Crippen MR) is 117 cm³/mol. The van der Waals surface area contributed by atoms with Crippen molar-refractivity contribution in [3.63, 3.8) is 0 Å². The van der Waals surface area contributed by atoms with Crippen LogP contribution in [0.1, 0.15) is 55.5 Å². The van der Waals surface area contributed by atoms with Crippen LogP contribution >= 0.6 is 0 Å². The molecule has 8 heteroatoms. The fraction of sp³-hybridized carbons (Fsp3) is 0.435. The summed E-state index contributed by atoms with van der Waals surface area (Å²) in [7, 11) is 0. The molecule has 8 nitrogen and oxygen atoms in total. The number of rotatable bonds is 7. The Hall–Kier alpha value is -3.29. The molecule has 0 saturated carbocycles. The van der Waals surface area contributed by atoms with Gasteiger partial charge in [0.2, 0.25) is 5.91 Å². The van der Waals surface area contributed by atoms with Crippen LogP contribution in [0.2, 0.25) is 0 Å². The first-order valence-corrected chi connectivity index (χ1v) is 10.8. The van der Waals surface area contributed by atoms with Crippen LogP contribution in [0.25, 0.3) is 11.0 Å². The van der Waals surface area contributed by atoms with Crippen molar-refractivity contribution in [3.05, 3.63) is 54.4 Å². The summed E-state index contributed by atoms with van der Waals surface area (Å²) < 4.78 is 2.27. The van der Waals surface area contributed by atoms with Gasteiger partial charge in [-0.05, 0) is 30.9 Å². The van der Waals surface area contributed by atoms with Crippen LogP contribution in [-0.2, 0) is 11.3 Å². The number of hydrogen-bond acceptors (Lipinski definition) is 5. The van der Waals surface area contributed by atoms with Gasteiger partial charge in [-0.1, -0.05) is 26.0 Å². The fourth-order valence-electron chi connectivity index (χ4n) is 4.17. The number of para-hydroxylation sites is 2. The summed E-state index contributed by atoms with van der Waals surface area (Å²) >= 11 is 0. The van der Waals surface area contributed by atoms with Crippen LogP contribution in [0.3, 0.4) is 0 Å². The fourth-order valence-corrected chi connectivity index (χ4v) is 4.17. The number of amides is 2. The molecule has 31 heavy (non-hydrogen) atoms. The van der Waals surface area contributed by atoms with Crippen LogP contribution in [0.15, 0.2) is 42.9 Å². The smallest absolute Gasteiger partial charge is 0.271 e. The number of nitrogens with zero attached hydrogens (tertiary/aromatic N) is 5. The Morgan fingerprint density at radius 2 is 2.06 bits per heavy atom. The Balaban J connectivity index is 1.46. The number of carbonyl (C=O) groups excluding carboxylic acids is 2. The highest BCUT2D eigenvalue weighted by Crippen LogP contribution is 2.34. The van der Waals surface area contributed by atoms with Crippen molar-refractivity contribution >= 4 is 22.8 Å². The quantitative estimate of drug-likeness (QED) is 0.634. The first-order valence-electron chi connectivity index (χ1n) is 10.8. The van der Waals surface area contributed by atoms with Gasteiger partial charge in [0.25, 0.3) is 5.91 Å². The molecule has 0 unspecified atom stereocenters. The summed E-state index contributed by atoms with van der Waals surface area (Å²) in [6.07, 6.45) is 6.49. The number of hydrogen-bond donors (Lipinski definition) is 1. The minimum atomic E-state index is -0.322. The molecule has 2 aromatic heterocycles. The second-order valence-electron chi connectivity index (χ2n) is 8.30. The number of aromatic nitrogens is 4. The molecule has 0 bridgehead atoms. The average Bonchev–Trinajstić information content (AvgIpc) is 3.39. The molecule has 0 radical (unpaired) electrons. The van der Waals surface area contributed by atoms with Gasteiger partial charge in [0.1, 0.15) is 11.5 Å². The van der Waals surface area contributed by atoms with E-state index in [1.807, 2.05) is 23.1 Å². The SMILES string of the molecule is CC(C)Cn1c([C@H]2CCCN2C(=O)CCNC(=O)c2cnccn2)nc2ccccc21. The van der Waals surface area contributed by atoms with Crippen molar-refractivity contribution in [1.82, 2.24) is 29.7 Å². The lowest BCUT2D eigenvalue weighted by Gasteiger charge is -2.26. The maximum absolute atomic E-state index is 13.0. The molecular formula is C23H28N6O2. The Kier molecular flexibility index (Phi) is 6.25. The van der Waals surface area contributed by atoms with Gasteiger partial charge in [-0.15, -0.1) is 0 Å². The number of benzene rings is 1. The summed E-state index contributed by atoms with van der Waals surface area (Å²) in [5.41, 5.74) is 2.33. The molecule has 1 atom stereocenters. The number of imidazole rings is 1. The van der Waals surface area contributed by atoms with Gasteiger partial charge in [0.05, 0.1) is 23.3 Å². The van der Waals surface area contributed by atoms with E-state index >= 15 is 0 Å². The highest BCUT2D eigenvalue weighted by atomic mass is 16.2. The van der Waals surface area contributed by atoms with Crippen molar-refractivity contribution < 1.29 is 9.59 Å². The van der Waals surface area contributed by atoms with Gasteiger partial charge in [0, 0.05) is 38.4 Å². The molecule has 1 aliphatic rings. The number of likely N-dealkylation sites (tertiary alicyclic amines) is 1. The maximum Gasteiger partial charge on any atom is 0.271 e. The molecule has 1 aliphatic heterocycles. The summed E-state index contributed by atoms with van der Waals surface area (Å²) in [6, 6.07) is 8.11. The van der Waals surface area contributed by atoms with E-state index < -0.39 is 0 Å². The zero-order valence-electron chi connectivity index (χ0n) is 18.0. The van der Waals surface area contributed by atoms with Crippen LogP contribution in [-0.4, -0.2) is 49.3 Å². The third-order valence-electron chi connectivity index (χ3n) is 5.52. The van der Waals surface area contributed by atoms with E-state index in [-0.39, 0.29) is 36.5 Å². The lowest BCUT2D eigenvalue weighted by Crippen LogP contribution is -2.35. The van der Waals surface area contributed by atoms with Gasteiger partial charge in [-0.25, -0.2) is 9.97 Å². The lowest BCUT2D eigenvalue weighted by atomic mass is 10.1. The molecule has 3 heterocycles. The standard InChI is InChI=1S/C23H28N6O2/c1-16(2)15-29-19-7-4-3-6-17(19)27-22(29)20-8-5-13-28(20)21(30)9-10-26-23(31)18-14-24-11-12-25-18/h3-4,6-7,11-12,14,16,20H,5,8-10,13,15H2,1-2H3,(H,26,31)/t20-/m1/s1. The summed E-state index contributed by atoms with van der Waals surface area (Å²) in [6.45, 7) is 6.22. The Morgan fingerprint density at radius 1 is 1.23 bits per heavy atom. The summed E-state index contributed by atoms with van der Waals surface area (Å²) in [5.74, 6) is 1.14. The van der Waals surface area contributed by atoms with Crippen LogP contribution in [0.5, 0.6) is 0 Å². The average molecular weight is 421 g/mol. The van der Waals surface area contributed by atoms with Gasteiger partial charge in [-0.2, -0.15) is 0 Å². The van der Waals surface area contributed by atoms with Crippen molar-refractivity contribution in [1.29, 1.82) is 0 Å². The molecule has 0 aliphatic carbocycles. The second kappa shape index (κ2) is 9.24. The van der Waals surface area contributed by atoms with E-state index in [9.17, 15) is 9.59 Å². The number of fused-ring (bicyclic) bond motifs is 1. The molecule has 162 valence electrons. The van der Waals surface area contributed by atoms with Crippen molar-refractivity contribution in [2.75, 3.05) is 13.1 Å². The third-order valence-corrected chi connectivity index (χ3v) is 5.52. The predicted octanol–water partition coefficient (Wildman–Crippen LogP) is 2.97. The van der Waals surface area contributed by atoms with E-state index in [0.29, 0.717) is 12.5 Å². The van der Waals surface area contributed by atoms with E-state index in [0.717, 1.165) is 36.2 Å². The number of carbonyl (C=O) groups is 2. The Labute approximate surface area is 181 Å². The van der Waals surface area contributed by atoms with Crippen molar-refractivity contribution in [3.8, 4) is 0 Å². The molecule has 1 fully saturated rings. The second-order valence-corrected chi connectivity index (χ2v) is 8.30. The molecular weight excluding hydrogens is 392 g/mol. The minimum Gasteiger partial charge on any atom is -0.350 e. The van der Waals surface area contributed by atoms with Crippen LogP contribution < -0.4 is 5.32 Å². The van der Waals surface area contributed by atoms with E-state index in [4.69, 9.17) is 4.98 Å². The third kappa shape index (κ3) is 4.57. The molecule has 0 spiro atoms. The van der Waals surface area contributed by atoms with Gasteiger partial charge in [-0.3, -0.25) is 14.6 Å². The highest BCUT2D eigenvalue weighted by Gasteiger charge is 2.33. The molecule has 1 N–H and O–H groups in total. The minimum absolute atomic E-state index is 0.0325. The molecule has 3 aromatic rings. The first-order chi connectivity index (χ1) is 15.0. The summed E-state index contributed by atoms with van der Waals surface area (Å²) in [5, 5.41) is 2.76. The van der Waals surface area contributed by atoms with E-state index in [1.54, 1.807) is 0 Å². The molecule has 2 amide bonds. The summed E-state index contributed by atoms with van der Waals surface area (Å²) in [4.78, 5) is 39.8. The maximum atomic E-state index is 13.0. The van der Waals surface area contributed by atoms with Crippen molar-refractivity contribution in [2.24, 2.45) is 5.92 Å². The molecule has 4 rings (SSSR count). The normalized spacial score (nSPS) is 16.2. The first kappa shape index (κ1) is 21.0. The Bertz CT molecular complexity index is 1060. The topological polar surface area (TPSA) is 93.0 Å². The Morgan fingerprint density at radius 3 is 2.84 bits per heavy atom. The zero-order chi connectivity index (χ0) is 21.8. The monoisotopic (exact) mass is 420 g/mol. The van der Waals surface area contributed by atoms with Crippen molar-refractivity contribution in [2.45, 2.75) is 45.7 Å². The molecule has 1 aromatic carbocycles. The van der Waals surface area contributed by atoms with Gasteiger partial charge >= 0.3 is 0 Å². The van der Waals surface area contributed by atoms with Gasteiger partial charge in [0.15, 0.2) is 0 Å². The largest absolute Gasteiger partial charge is 0.350 e. The highest BCUT2D eigenvalue weighted by molar-refractivity contribution is 5.92. The number of nitrogens with one attached hydrogen (secondary N) is 1. The van der Waals surface area contributed by atoms with E-state index in [1.165, 1.54) is 18.6 Å². The van der Waals surface area contributed by atoms with Crippen LogP contribution in [0.4, 0.5) is 0 Å². The zero-order valence-corrected chi connectivity index (χ0v) is 18.0. The van der Waals surface area contributed by atoms with E-state index in [2.05, 4.69) is 39.8 Å². The van der Waals surface area contributed by atoms with Gasteiger partial charge < -0.3 is 14.8 Å².